The van der Waals surface area contributed by atoms with Gasteiger partial charge in [-0.1, -0.05) is 26.0 Å². The highest BCUT2D eigenvalue weighted by molar-refractivity contribution is 6.11. The smallest absolute Gasteiger partial charge is 0.176 e. The van der Waals surface area contributed by atoms with E-state index in [-0.39, 0.29) is 17.5 Å². The molecule has 100 valence electrons. The molecule has 1 heterocycles. The zero-order valence-corrected chi connectivity index (χ0v) is 11.7. The van der Waals surface area contributed by atoms with Crippen molar-refractivity contribution < 1.29 is 14.3 Å². The Morgan fingerprint density at radius 3 is 2.47 bits per heavy atom. The minimum atomic E-state index is -0.867. The van der Waals surface area contributed by atoms with Gasteiger partial charge in [-0.2, -0.15) is 0 Å². The van der Waals surface area contributed by atoms with Gasteiger partial charge in [-0.05, 0) is 26.0 Å². The molecule has 0 N–H and O–H groups in total. The predicted octanol–water partition coefficient (Wildman–Crippen LogP) is 3.40. The van der Waals surface area contributed by atoms with Crippen LogP contribution < -0.4 is 4.74 Å². The fourth-order valence-corrected chi connectivity index (χ4v) is 2.16. The SMILES string of the molecule is CC(C)C(=O)C1=COc2ccccc2C(=O)C1(C)C. The average molecular weight is 258 g/mol. The summed E-state index contributed by atoms with van der Waals surface area (Å²) < 4.78 is 5.53. The number of ether oxygens (including phenoxy) is 1. The van der Waals surface area contributed by atoms with Crippen molar-refractivity contribution in [3.05, 3.63) is 41.7 Å². The lowest BCUT2D eigenvalue weighted by Gasteiger charge is -2.24. The number of hydrogen-bond acceptors (Lipinski definition) is 3. The number of benzene rings is 1. The van der Waals surface area contributed by atoms with Gasteiger partial charge in [-0.3, -0.25) is 9.59 Å². The van der Waals surface area contributed by atoms with Crippen molar-refractivity contribution in [1.29, 1.82) is 0 Å². The van der Waals surface area contributed by atoms with Gasteiger partial charge in [0.2, 0.25) is 0 Å². The minimum Gasteiger partial charge on any atom is -0.464 e. The number of rotatable bonds is 2. The second-order valence-electron chi connectivity index (χ2n) is 5.62. The van der Waals surface area contributed by atoms with Gasteiger partial charge in [-0.15, -0.1) is 0 Å². The van der Waals surface area contributed by atoms with Crippen molar-refractivity contribution >= 4 is 11.6 Å². The van der Waals surface area contributed by atoms with Crippen molar-refractivity contribution in [2.45, 2.75) is 27.7 Å². The van der Waals surface area contributed by atoms with Gasteiger partial charge < -0.3 is 4.74 Å². The molecule has 1 aliphatic rings. The fourth-order valence-electron chi connectivity index (χ4n) is 2.16. The quantitative estimate of drug-likeness (QED) is 0.816. The molecule has 0 aromatic heterocycles. The first kappa shape index (κ1) is 13.5. The van der Waals surface area contributed by atoms with E-state index in [1.165, 1.54) is 6.26 Å². The van der Waals surface area contributed by atoms with Gasteiger partial charge in [-0.25, -0.2) is 0 Å². The third kappa shape index (κ3) is 2.21. The average Bonchev–Trinajstić information content (AvgIpc) is 2.46. The van der Waals surface area contributed by atoms with E-state index in [9.17, 15) is 9.59 Å². The zero-order valence-electron chi connectivity index (χ0n) is 11.7. The largest absolute Gasteiger partial charge is 0.464 e. The molecule has 1 aliphatic heterocycles. The van der Waals surface area contributed by atoms with E-state index in [0.29, 0.717) is 16.9 Å². The Morgan fingerprint density at radius 2 is 1.84 bits per heavy atom. The third-order valence-electron chi connectivity index (χ3n) is 3.47. The van der Waals surface area contributed by atoms with Crippen LogP contribution in [0.2, 0.25) is 0 Å². The van der Waals surface area contributed by atoms with E-state index in [2.05, 4.69) is 0 Å². The molecule has 0 saturated carbocycles. The molecule has 0 radical (unpaired) electrons. The highest BCUT2D eigenvalue weighted by Crippen LogP contribution is 2.38. The first-order valence-corrected chi connectivity index (χ1v) is 6.41. The standard InChI is InChI=1S/C16H18O3/c1-10(2)14(17)12-9-19-13-8-6-5-7-11(13)15(18)16(12,3)4/h5-10H,1-4H3. The minimum absolute atomic E-state index is 0.0499. The molecule has 1 aromatic carbocycles. The Hall–Kier alpha value is -1.90. The fraction of sp³-hybridized carbons (Fsp3) is 0.375. The Labute approximate surface area is 113 Å². The number of hydrogen-bond donors (Lipinski definition) is 0. The van der Waals surface area contributed by atoms with Crippen LogP contribution in [0.3, 0.4) is 0 Å². The Bertz CT molecular complexity index is 565. The summed E-state index contributed by atoms with van der Waals surface area (Å²) >= 11 is 0. The highest BCUT2D eigenvalue weighted by Gasteiger charge is 2.40. The van der Waals surface area contributed by atoms with Crippen LogP contribution >= 0.6 is 0 Å². The lowest BCUT2D eigenvalue weighted by molar-refractivity contribution is -0.119. The molecule has 0 fully saturated rings. The number of para-hydroxylation sites is 1. The molecule has 1 aromatic rings. The second kappa shape index (κ2) is 4.65. The molecule has 0 atom stereocenters. The summed E-state index contributed by atoms with van der Waals surface area (Å²) in [6.45, 7) is 7.18. The first-order valence-electron chi connectivity index (χ1n) is 6.41. The highest BCUT2D eigenvalue weighted by atomic mass is 16.5. The number of Topliss-reactive ketones (excluding diaryl/α,β-unsaturated/α-hetero) is 2. The predicted molar refractivity (Wildman–Crippen MR) is 73.1 cm³/mol. The lowest BCUT2D eigenvalue weighted by Crippen LogP contribution is -2.31. The van der Waals surface area contributed by atoms with Gasteiger partial charge in [0.15, 0.2) is 11.6 Å². The summed E-state index contributed by atoms with van der Waals surface area (Å²) in [7, 11) is 0. The normalized spacial score (nSPS) is 17.3. The van der Waals surface area contributed by atoms with Crippen LogP contribution in [0.25, 0.3) is 0 Å². The number of allylic oxidation sites excluding steroid dienone is 1. The molecule has 0 unspecified atom stereocenters. The van der Waals surface area contributed by atoms with Crippen LogP contribution in [0.4, 0.5) is 0 Å². The van der Waals surface area contributed by atoms with Crippen LogP contribution in [-0.4, -0.2) is 11.6 Å². The molecular formula is C16H18O3. The van der Waals surface area contributed by atoms with Crippen molar-refractivity contribution in [2.24, 2.45) is 11.3 Å². The van der Waals surface area contributed by atoms with E-state index in [4.69, 9.17) is 4.74 Å². The number of carbonyl (C=O) groups is 2. The first-order chi connectivity index (χ1) is 8.85. The second-order valence-corrected chi connectivity index (χ2v) is 5.62. The topological polar surface area (TPSA) is 43.4 Å². The maximum Gasteiger partial charge on any atom is 0.176 e. The zero-order chi connectivity index (χ0) is 14.2. The monoisotopic (exact) mass is 258 g/mol. The molecule has 0 spiro atoms. The molecule has 0 aliphatic carbocycles. The summed E-state index contributed by atoms with van der Waals surface area (Å²) in [6, 6.07) is 7.08. The molecule has 0 amide bonds. The van der Waals surface area contributed by atoms with E-state index < -0.39 is 5.41 Å². The van der Waals surface area contributed by atoms with Crippen LogP contribution in [0, 0.1) is 11.3 Å². The van der Waals surface area contributed by atoms with E-state index >= 15 is 0 Å². The van der Waals surface area contributed by atoms with E-state index in [0.717, 1.165) is 0 Å². The van der Waals surface area contributed by atoms with Crippen molar-refractivity contribution in [1.82, 2.24) is 0 Å². The molecule has 2 rings (SSSR count). The van der Waals surface area contributed by atoms with Gasteiger partial charge in [0, 0.05) is 11.5 Å². The molecule has 19 heavy (non-hydrogen) atoms. The number of fused-ring (bicyclic) bond motifs is 1. The van der Waals surface area contributed by atoms with Crippen molar-refractivity contribution in [3.8, 4) is 5.75 Å². The molecule has 0 bridgehead atoms. The van der Waals surface area contributed by atoms with Gasteiger partial charge in [0.25, 0.3) is 0 Å². The molecular weight excluding hydrogens is 240 g/mol. The summed E-state index contributed by atoms with van der Waals surface area (Å²) in [4.78, 5) is 24.9. The molecule has 0 saturated heterocycles. The molecule has 3 heteroatoms. The van der Waals surface area contributed by atoms with Crippen LogP contribution in [0.1, 0.15) is 38.1 Å². The summed E-state index contributed by atoms with van der Waals surface area (Å²) in [5.74, 6) is 0.210. The third-order valence-corrected chi connectivity index (χ3v) is 3.47. The lowest BCUT2D eigenvalue weighted by atomic mass is 9.75. The van der Waals surface area contributed by atoms with Crippen molar-refractivity contribution in [3.63, 3.8) is 0 Å². The number of ketones is 2. The Balaban J connectivity index is 2.55. The maximum atomic E-state index is 12.6. The maximum absolute atomic E-state index is 12.6. The van der Waals surface area contributed by atoms with Crippen LogP contribution in [0.15, 0.2) is 36.1 Å². The Morgan fingerprint density at radius 1 is 1.21 bits per heavy atom. The molecule has 3 nitrogen and oxygen atoms in total. The number of carbonyl (C=O) groups excluding carboxylic acids is 2. The van der Waals surface area contributed by atoms with E-state index in [1.54, 1.807) is 32.0 Å². The van der Waals surface area contributed by atoms with Crippen LogP contribution in [-0.2, 0) is 4.79 Å². The van der Waals surface area contributed by atoms with E-state index in [1.807, 2.05) is 19.9 Å². The van der Waals surface area contributed by atoms with Crippen LogP contribution in [0.5, 0.6) is 5.75 Å². The summed E-state index contributed by atoms with van der Waals surface area (Å²) in [5, 5.41) is 0. The Kier molecular flexibility index (Phi) is 3.31. The summed E-state index contributed by atoms with van der Waals surface area (Å²) in [6.07, 6.45) is 1.44. The summed E-state index contributed by atoms with van der Waals surface area (Å²) in [5.41, 5.74) is 0.0903. The van der Waals surface area contributed by atoms with Crippen molar-refractivity contribution in [2.75, 3.05) is 0 Å². The van der Waals surface area contributed by atoms with Gasteiger partial charge >= 0.3 is 0 Å². The van der Waals surface area contributed by atoms with Gasteiger partial charge in [0.05, 0.1) is 17.2 Å². The van der Waals surface area contributed by atoms with Gasteiger partial charge in [0.1, 0.15) is 5.75 Å².